The Balaban J connectivity index is 2.05. The zero-order valence-corrected chi connectivity index (χ0v) is 8.50. The Morgan fingerprint density at radius 1 is 0.857 bits per heavy atom. The zero-order valence-electron chi connectivity index (χ0n) is 8.50. The van der Waals surface area contributed by atoms with E-state index in [0.717, 1.165) is 32.4 Å². The highest BCUT2D eigenvalue weighted by molar-refractivity contribution is 6.08. The second-order valence-electron chi connectivity index (χ2n) is 4.29. The van der Waals surface area contributed by atoms with Crippen LogP contribution in [0.3, 0.4) is 0 Å². The van der Waals surface area contributed by atoms with Crippen LogP contribution in [0.4, 0.5) is 0 Å². The van der Waals surface area contributed by atoms with Gasteiger partial charge in [-0.15, -0.1) is 0 Å². The van der Waals surface area contributed by atoms with Crippen molar-refractivity contribution in [1.29, 1.82) is 0 Å². The molecule has 78 valence electrons. The number of carbonyl (C=O) groups is 2. The average Bonchev–Trinajstić information content (AvgIpc) is 2.19. The van der Waals surface area contributed by atoms with Gasteiger partial charge in [-0.05, 0) is 32.4 Å². The number of likely N-dealkylation sites (tertiary alicyclic amines) is 1. The van der Waals surface area contributed by atoms with Gasteiger partial charge < -0.3 is 0 Å². The maximum Gasteiger partial charge on any atom is 0.157 e. The summed E-state index contributed by atoms with van der Waals surface area (Å²) in [6, 6.07) is -0.371. The Morgan fingerprint density at radius 3 is 2.00 bits per heavy atom. The van der Waals surface area contributed by atoms with Crippen molar-refractivity contribution in [3.8, 4) is 0 Å². The highest BCUT2D eigenvalue weighted by Crippen LogP contribution is 2.20. The van der Waals surface area contributed by atoms with Crippen molar-refractivity contribution in [3.63, 3.8) is 0 Å². The number of Topliss-reactive ketones (excluding diaryl/α,β-unsaturated/α-hetero) is 2. The maximum atomic E-state index is 11.6. The van der Waals surface area contributed by atoms with Gasteiger partial charge in [-0.1, -0.05) is 6.42 Å². The van der Waals surface area contributed by atoms with E-state index in [4.69, 9.17) is 0 Å². The van der Waals surface area contributed by atoms with Crippen molar-refractivity contribution in [3.05, 3.63) is 0 Å². The quantitative estimate of drug-likeness (QED) is 0.589. The Hall–Kier alpha value is -0.700. The molecule has 1 saturated heterocycles. The SMILES string of the molecule is O=C1CCCC(=O)C1N1CCCCC1. The van der Waals surface area contributed by atoms with Crippen molar-refractivity contribution in [2.75, 3.05) is 13.1 Å². The number of hydrogen-bond acceptors (Lipinski definition) is 3. The summed E-state index contributed by atoms with van der Waals surface area (Å²) < 4.78 is 0. The van der Waals surface area contributed by atoms with Crippen LogP contribution in [0.2, 0.25) is 0 Å². The molecule has 2 fully saturated rings. The van der Waals surface area contributed by atoms with Gasteiger partial charge in [0.15, 0.2) is 11.6 Å². The van der Waals surface area contributed by atoms with Crippen molar-refractivity contribution in [2.45, 2.75) is 44.6 Å². The van der Waals surface area contributed by atoms with Crippen LogP contribution in [-0.2, 0) is 9.59 Å². The first-order valence-corrected chi connectivity index (χ1v) is 5.58. The standard InChI is InChI=1S/C11H17NO2/c13-9-5-4-6-10(14)11(9)12-7-2-1-3-8-12/h11H,1-8H2. The van der Waals surface area contributed by atoms with Gasteiger partial charge in [-0.25, -0.2) is 0 Å². The van der Waals surface area contributed by atoms with Gasteiger partial charge >= 0.3 is 0 Å². The molecule has 1 saturated carbocycles. The fraction of sp³-hybridized carbons (Fsp3) is 0.818. The van der Waals surface area contributed by atoms with Gasteiger partial charge in [0.1, 0.15) is 6.04 Å². The topological polar surface area (TPSA) is 37.4 Å². The molecule has 14 heavy (non-hydrogen) atoms. The Morgan fingerprint density at radius 2 is 1.43 bits per heavy atom. The fourth-order valence-electron chi connectivity index (χ4n) is 2.47. The molecule has 0 aromatic carbocycles. The molecule has 0 amide bonds. The maximum absolute atomic E-state index is 11.6. The molecule has 0 atom stereocenters. The predicted octanol–water partition coefficient (Wildman–Crippen LogP) is 1.16. The van der Waals surface area contributed by atoms with Crippen molar-refractivity contribution < 1.29 is 9.59 Å². The molecule has 1 aliphatic carbocycles. The molecule has 3 heteroatoms. The Labute approximate surface area is 84.5 Å². The van der Waals surface area contributed by atoms with Crippen LogP contribution in [-0.4, -0.2) is 35.6 Å². The van der Waals surface area contributed by atoms with Crippen LogP contribution in [0.25, 0.3) is 0 Å². The third-order valence-corrected chi connectivity index (χ3v) is 3.21. The molecular formula is C11H17NO2. The highest BCUT2D eigenvalue weighted by Gasteiger charge is 2.35. The molecule has 2 rings (SSSR count). The summed E-state index contributed by atoms with van der Waals surface area (Å²) in [4.78, 5) is 25.4. The Kier molecular flexibility index (Phi) is 2.96. The lowest BCUT2D eigenvalue weighted by Crippen LogP contribution is -2.50. The van der Waals surface area contributed by atoms with Crippen molar-refractivity contribution >= 4 is 11.6 Å². The molecule has 1 aliphatic heterocycles. The molecule has 3 nitrogen and oxygen atoms in total. The van der Waals surface area contributed by atoms with Crippen LogP contribution in [0.5, 0.6) is 0 Å². The number of piperidine rings is 1. The smallest absolute Gasteiger partial charge is 0.157 e. The lowest BCUT2D eigenvalue weighted by atomic mass is 9.90. The van der Waals surface area contributed by atoms with Crippen LogP contribution < -0.4 is 0 Å². The van der Waals surface area contributed by atoms with Gasteiger partial charge in [-0.2, -0.15) is 0 Å². The lowest BCUT2D eigenvalue weighted by molar-refractivity contribution is -0.137. The highest BCUT2D eigenvalue weighted by atomic mass is 16.2. The third-order valence-electron chi connectivity index (χ3n) is 3.21. The van der Waals surface area contributed by atoms with E-state index in [1.807, 2.05) is 0 Å². The summed E-state index contributed by atoms with van der Waals surface area (Å²) in [6.45, 7) is 1.87. The van der Waals surface area contributed by atoms with Crippen LogP contribution >= 0.6 is 0 Å². The summed E-state index contributed by atoms with van der Waals surface area (Å²) in [6.07, 6.45) is 5.49. The van der Waals surface area contributed by atoms with E-state index in [-0.39, 0.29) is 17.6 Å². The second kappa shape index (κ2) is 4.22. The summed E-state index contributed by atoms with van der Waals surface area (Å²) in [5, 5.41) is 0. The van der Waals surface area contributed by atoms with E-state index in [0.29, 0.717) is 12.8 Å². The zero-order chi connectivity index (χ0) is 9.97. The lowest BCUT2D eigenvalue weighted by Gasteiger charge is -2.34. The number of ketones is 2. The van der Waals surface area contributed by atoms with Gasteiger partial charge in [0.05, 0.1) is 0 Å². The van der Waals surface area contributed by atoms with E-state index in [1.165, 1.54) is 6.42 Å². The number of nitrogens with zero attached hydrogens (tertiary/aromatic N) is 1. The first kappa shape index (κ1) is 9.84. The number of carbonyl (C=O) groups excluding carboxylic acids is 2. The summed E-state index contributed by atoms with van der Waals surface area (Å²) in [7, 11) is 0. The molecule has 1 heterocycles. The first-order valence-electron chi connectivity index (χ1n) is 5.58. The Bertz CT molecular complexity index is 228. The number of hydrogen-bond donors (Lipinski definition) is 0. The molecule has 0 bridgehead atoms. The van der Waals surface area contributed by atoms with Crippen molar-refractivity contribution in [2.24, 2.45) is 0 Å². The minimum absolute atomic E-state index is 0.156. The molecule has 0 radical (unpaired) electrons. The minimum atomic E-state index is -0.371. The summed E-state index contributed by atoms with van der Waals surface area (Å²) >= 11 is 0. The van der Waals surface area contributed by atoms with E-state index >= 15 is 0 Å². The number of rotatable bonds is 1. The molecule has 0 aromatic rings. The van der Waals surface area contributed by atoms with Crippen LogP contribution in [0, 0.1) is 0 Å². The molecule has 0 spiro atoms. The van der Waals surface area contributed by atoms with E-state index in [9.17, 15) is 9.59 Å². The summed E-state index contributed by atoms with van der Waals surface area (Å²) in [5.41, 5.74) is 0. The molecule has 2 aliphatic rings. The average molecular weight is 195 g/mol. The summed E-state index contributed by atoms with van der Waals surface area (Å²) in [5.74, 6) is 0.311. The first-order chi connectivity index (χ1) is 6.79. The monoisotopic (exact) mass is 195 g/mol. The van der Waals surface area contributed by atoms with Gasteiger partial charge in [0, 0.05) is 12.8 Å². The third kappa shape index (κ3) is 1.87. The fourth-order valence-corrected chi connectivity index (χ4v) is 2.47. The second-order valence-corrected chi connectivity index (χ2v) is 4.29. The largest absolute Gasteiger partial charge is 0.297 e. The molecule has 0 unspecified atom stereocenters. The van der Waals surface area contributed by atoms with E-state index < -0.39 is 0 Å². The minimum Gasteiger partial charge on any atom is -0.297 e. The van der Waals surface area contributed by atoms with Crippen molar-refractivity contribution in [1.82, 2.24) is 4.90 Å². The van der Waals surface area contributed by atoms with E-state index in [2.05, 4.69) is 4.90 Å². The normalized spacial score (nSPS) is 26.9. The van der Waals surface area contributed by atoms with Gasteiger partial charge in [0.2, 0.25) is 0 Å². The molecule has 0 aromatic heterocycles. The van der Waals surface area contributed by atoms with Gasteiger partial charge in [0.25, 0.3) is 0 Å². The van der Waals surface area contributed by atoms with E-state index in [1.54, 1.807) is 0 Å². The predicted molar refractivity (Wildman–Crippen MR) is 53.1 cm³/mol. The molecule has 0 N–H and O–H groups in total. The van der Waals surface area contributed by atoms with Crippen LogP contribution in [0.1, 0.15) is 38.5 Å². The molecular weight excluding hydrogens is 178 g/mol. The van der Waals surface area contributed by atoms with Crippen LogP contribution in [0.15, 0.2) is 0 Å². The van der Waals surface area contributed by atoms with Gasteiger partial charge in [-0.3, -0.25) is 14.5 Å².